The molecule has 144 valence electrons. The third-order valence-corrected chi connectivity index (χ3v) is 5.87. The van der Waals surface area contributed by atoms with E-state index >= 15 is 0 Å². The molecule has 0 bridgehead atoms. The molecular weight excluding hydrogens is 398 g/mol. The molecule has 0 N–H and O–H groups in total. The quantitative estimate of drug-likeness (QED) is 0.363. The molecule has 0 radical (unpaired) electrons. The number of hydrogen-bond acceptors (Lipinski definition) is 4. The van der Waals surface area contributed by atoms with Crippen LogP contribution in [0.25, 0.3) is 6.08 Å². The van der Waals surface area contributed by atoms with Crippen molar-refractivity contribution >= 4 is 46.0 Å². The molecule has 3 aromatic carbocycles. The Morgan fingerprint density at radius 3 is 2.21 bits per heavy atom. The van der Waals surface area contributed by atoms with Crippen LogP contribution in [0.3, 0.4) is 0 Å². The number of anilines is 1. The van der Waals surface area contributed by atoms with Crippen LogP contribution in [0.4, 0.5) is 5.69 Å². The van der Waals surface area contributed by atoms with Crippen LogP contribution in [-0.4, -0.2) is 10.2 Å². The largest absolute Gasteiger partial charge is 0.486 e. The molecule has 1 atom stereocenters. The van der Waals surface area contributed by atoms with Gasteiger partial charge in [0.25, 0.3) is 5.91 Å². The number of ether oxygens (including phenoxy) is 1. The highest BCUT2D eigenvalue weighted by Crippen LogP contribution is 2.36. The van der Waals surface area contributed by atoms with Crippen LogP contribution in [-0.2, 0) is 4.79 Å². The number of thiocarbonyl (C=S) groups is 1. The first-order valence-electron chi connectivity index (χ1n) is 9.26. The summed E-state index contributed by atoms with van der Waals surface area (Å²) in [5.74, 6) is 0.694. The van der Waals surface area contributed by atoms with E-state index in [9.17, 15) is 4.79 Å². The Hall–Kier alpha value is -2.89. The van der Waals surface area contributed by atoms with Gasteiger partial charge in [0.05, 0.1) is 10.6 Å². The van der Waals surface area contributed by atoms with Crippen molar-refractivity contribution in [2.24, 2.45) is 0 Å². The monoisotopic (exact) mass is 417 g/mol. The maximum Gasteiger partial charge on any atom is 0.270 e. The Labute approximate surface area is 180 Å². The maximum absolute atomic E-state index is 12.8. The normalized spacial score (nSPS) is 16.3. The molecule has 0 saturated carbocycles. The molecule has 0 unspecified atom stereocenters. The predicted molar refractivity (Wildman–Crippen MR) is 124 cm³/mol. The highest BCUT2D eigenvalue weighted by Gasteiger charge is 2.33. The molecule has 3 nitrogen and oxygen atoms in total. The number of benzene rings is 3. The van der Waals surface area contributed by atoms with Crippen molar-refractivity contribution < 1.29 is 9.53 Å². The van der Waals surface area contributed by atoms with E-state index in [2.05, 4.69) is 0 Å². The first kappa shape index (κ1) is 19.4. The van der Waals surface area contributed by atoms with E-state index in [4.69, 9.17) is 17.0 Å². The van der Waals surface area contributed by atoms with Gasteiger partial charge in [-0.2, -0.15) is 0 Å². The van der Waals surface area contributed by atoms with Crippen LogP contribution in [0.1, 0.15) is 24.2 Å². The van der Waals surface area contributed by atoms with E-state index in [0.29, 0.717) is 9.23 Å². The molecular formula is C24H19NO2S2. The van der Waals surface area contributed by atoms with Gasteiger partial charge < -0.3 is 4.74 Å². The van der Waals surface area contributed by atoms with Crippen molar-refractivity contribution in [1.82, 2.24) is 0 Å². The van der Waals surface area contributed by atoms with Crippen molar-refractivity contribution in [3.05, 3.63) is 101 Å². The molecule has 29 heavy (non-hydrogen) atoms. The zero-order chi connectivity index (χ0) is 20.2. The third-order valence-electron chi connectivity index (χ3n) is 4.57. The van der Waals surface area contributed by atoms with E-state index in [0.717, 1.165) is 22.6 Å². The summed E-state index contributed by atoms with van der Waals surface area (Å²) < 4.78 is 6.56. The van der Waals surface area contributed by atoms with E-state index in [1.54, 1.807) is 4.90 Å². The Morgan fingerprint density at radius 2 is 1.55 bits per heavy atom. The van der Waals surface area contributed by atoms with E-state index in [-0.39, 0.29) is 12.0 Å². The summed E-state index contributed by atoms with van der Waals surface area (Å²) in [5.41, 5.74) is 2.84. The minimum Gasteiger partial charge on any atom is -0.486 e. The number of hydrogen-bond donors (Lipinski definition) is 0. The van der Waals surface area contributed by atoms with Crippen molar-refractivity contribution in [3.63, 3.8) is 0 Å². The third kappa shape index (κ3) is 4.42. The van der Waals surface area contributed by atoms with Crippen LogP contribution in [0.15, 0.2) is 89.8 Å². The van der Waals surface area contributed by atoms with Gasteiger partial charge in [0.1, 0.15) is 11.9 Å². The molecule has 1 saturated heterocycles. The summed E-state index contributed by atoms with van der Waals surface area (Å²) in [5, 5.41) is 0. The summed E-state index contributed by atoms with van der Waals surface area (Å²) in [6.45, 7) is 2.03. The number of rotatable bonds is 5. The number of para-hydroxylation sites is 1. The van der Waals surface area contributed by atoms with Crippen LogP contribution in [0.2, 0.25) is 0 Å². The number of thioether (sulfide) groups is 1. The minimum atomic E-state index is -0.0933. The molecule has 0 aliphatic carbocycles. The topological polar surface area (TPSA) is 29.5 Å². The molecule has 0 aromatic heterocycles. The van der Waals surface area contributed by atoms with Crippen LogP contribution >= 0.6 is 24.0 Å². The lowest BCUT2D eigenvalue weighted by molar-refractivity contribution is -0.113. The van der Waals surface area contributed by atoms with Gasteiger partial charge in [0.2, 0.25) is 0 Å². The lowest BCUT2D eigenvalue weighted by atomic mass is 10.1. The zero-order valence-electron chi connectivity index (χ0n) is 15.8. The number of nitrogens with zero attached hydrogens (tertiary/aromatic N) is 1. The van der Waals surface area contributed by atoms with Gasteiger partial charge in [-0.1, -0.05) is 84.6 Å². The van der Waals surface area contributed by atoms with Crippen molar-refractivity contribution in [3.8, 4) is 5.75 Å². The fraction of sp³-hybridized carbons (Fsp3) is 0.0833. The average Bonchev–Trinajstić information content (AvgIpc) is 3.03. The predicted octanol–water partition coefficient (Wildman–Crippen LogP) is 6.23. The van der Waals surface area contributed by atoms with Gasteiger partial charge in [-0.25, -0.2) is 0 Å². The number of carbonyl (C=O) groups excluding carboxylic acids is 1. The second-order valence-corrected chi connectivity index (χ2v) is 8.27. The van der Waals surface area contributed by atoms with Crippen molar-refractivity contribution in [2.45, 2.75) is 13.0 Å². The maximum atomic E-state index is 12.8. The summed E-state index contributed by atoms with van der Waals surface area (Å²) in [6.07, 6.45) is 1.83. The van der Waals surface area contributed by atoms with Gasteiger partial charge in [-0.3, -0.25) is 9.69 Å². The summed E-state index contributed by atoms with van der Waals surface area (Å²) >= 11 is 6.74. The second-order valence-electron chi connectivity index (χ2n) is 6.59. The number of amides is 1. The van der Waals surface area contributed by atoms with Crippen molar-refractivity contribution in [1.29, 1.82) is 0 Å². The average molecular weight is 418 g/mol. The lowest BCUT2D eigenvalue weighted by Crippen LogP contribution is -2.27. The summed E-state index contributed by atoms with van der Waals surface area (Å²) in [4.78, 5) is 15.0. The van der Waals surface area contributed by atoms with Gasteiger partial charge in [-0.15, -0.1) is 0 Å². The fourth-order valence-corrected chi connectivity index (χ4v) is 4.36. The molecule has 4 rings (SSSR count). The van der Waals surface area contributed by atoms with Gasteiger partial charge in [-0.05, 0) is 48.4 Å². The van der Waals surface area contributed by atoms with Gasteiger partial charge in [0, 0.05) is 0 Å². The Kier molecular flexibility index (Phi) is 5.79. The molecule has 1 aliphatic rings. The molecule has 1 aliphatic heterocycles. The zero-order valence-corrected chi connectivity index (χ0v) is 17.5. The van der Waals surface area contributed by atoms with E-state index < -0.39 is 0 Å². The highest BCUT2D eigenvalue weighted by molar-refractivity contribution is 8.27. The molecule has 1 heterocycles. The molecule has 1 amide bonds. The fourth-order valence-electron chi connectivity index (χ4n) is 3.06. The van der Waals surface area contributed by atoms with E-state index in [1.165, 1.54) is 11.8 Å². The minimum absolute atomic E-state index is 0.0378. The first-order chi connectivity index (χ1) is 14.1. The van der Waals surface area contributed by atoms with Crippen LogP contribution in [0.5, 0.6) is 5.75 Å². The van der Waals surface area contributed by atoms with E-state index in [1.807, 2.05) is 97.9 Å². The van der Waals surface area contributed by atoms with Gasteiger partial charge in [0.15, 0.2) is 4.32 Å². The standard InChI is InChI=1S/C24H19NO2S2/c1-17(19-8-4-2-5-9-19)27-21-14-12-18(13-15-21)16-22-23(26)25(24(28)29-22)20-10-6-3-7-11-20/h2-17H,1H3/b22-16-/t17-/m0/s1. The Bertz CT molecular complexity index is 1050. The SMILES string of the molecule is C[C@H](Oc1ccc(/C=C2\SC(=S)N(c3ccccc3)C2=O)cc1)c1ccccc1. The Morgan fingerprint density at radius 1 is 0.931 bits per heavy atom. The highest BCUT2D eigenvalue weighted by atomic mass is 32.2. The first-order valence-corrected chi connectivity index (χ1v) is 10.5. The van der Waals surface area contributed by atoms with Crippen LogP contribution in [0, 0.1) is 0 Å². The molecule has 1 fully saturated rings. The number of carbonyl (C=O) groups is 1. The van der Waals surface area contributed by atoms with Gasteiger partial charge >= 0.3 is 0 Å². The second kappa shape index (κ2) is 8.64. The smallest absolute Gasteiger partial charge is 0.270 e. The van der Waals surface area contributed by atoms with Crippen LogP contribution < -0.4 is 9.64 Å². The molecule has 0 spiro atoms. The lowest BCUT2D eigenvalue weighted by Gasteiger charge is -2.15. The molecule has 5 heteroatoms. The Balaban J connectivity index is 1.48. The van der Waals surface area contributed by atoms with Crippen molar-refractivity contribution in [2.75, 3.05) is 4.90 Å². The summed E-state index contributed by atoms with van der Waals surface area (Å²) in [6, 6.07) is 27.3. The summed E-state index contributed by atoms with van der Waals surface area (Å²) in [7, 11) is 0. The molecule has 3 aromatic rings.